The maximum Gasteiger partial charge on any atom is 0.269 e. The molecule has 5 rings (SSSR count). The predicted molar refractivity (Wildman–Crippen MR) is 126 cm³/mol. The molecule has 1 amide bonds. The van der Waals surface area contributed by atoms with Gasteiger partial charge >= 0.3 is 0 Å². The molecule has 1 atom stereocenters. The molecule has 0 spiro atoms. The van der Waals surface area contributed by atoms with Gasteiger partial charge in [0.25, 0.3) is 11.6 Å². The second kappa shape index (κ2) is 8.81. The number of nitrogens with zero attached hydrogens (tertiary/aromatic N) is 4. The number of benzene rings is 3. The van der Waals surface area contributed by atoms with Gasteiger partial charge in [-0.2, -0.15) is 5.10 Å². The zero-order valence-corrected chi connectivity index (χ0v) is 19.1. The highest BCUT2D eigenvalue weighted by Gasteiger charge is 2.38. The molecular formula is C24H16BrFN4O4. The molecule has 0 N–H and O–H groups in total. The zero-order valence-electron chi connectivity index (χ0n) is 17.5. The molecular weight excluding hydrogens is 507 g/mol. The summed E-state index contributed by atoms with van der Waals surface area (Å²) in [5.41, 5.74) is 2.96. The minimum Gasteiger partial charge on any atom is -0.342 e. The van der Waals surface area contributed by atoms with E-state index in [4.69, 9.17) is 9.84 Å². The number of ether oxygens (including phenoxy) is 1. The van der Waals surface area contributed by atoms with Crippen molar-refractivity contribution in [2.75, 3.05) is 11.5 Å². The summed E-state index contributed by atoms with van der Waals surface area (Å²) in [7, 11) is 0. The van der Waals surface area contributed by atoms with E-state index in [9.17, 15) is 19.3 Å². The van der Waals surface area contributed by atoms with Gasteiger partial charge in [0.15, 0.2) is 6.23 Å². The number of halogens is 2. The fraction of sp³-hybridized carbons (Fsp3) is 0.0833. The molecule has 1 aliphatic heterocycles. The minimum absolute atomic E-state index is 0.0839. The lowest BCUT2D eigenvalue weighted by molar-refractivity contribution is -0.384. The predicted octanol–water partition coefficient (Wildman–Crippen LogP) is 5.41. The molecule has 4 aromatic rings. The number of rotatable bonds is 5. The van der Waals surface area contributed by atoms with Crippen molar-refractivity contribution in [3.63, 3.8) is 0 Å². The lowest BCUT2D eigenvalue weighted by Gasteiger charge is -2.22. The molecule has 10 heteroatoms. The van der Waals surface area contributed by atoms with Crippen molar-refractivity contribution in [3.05, 3.63) is 105 Å². The van der Waals surface area contributed by atoms with E-state index in [1.807, 2.05) is 24.3 Å². The third-order valence-electron chi connectivity index (χ3n) is 5.43. The van der Waals surface area contributed by atoms with Crippen LogP contribution in [0.25, 0.3) is 16.8 Å². The molecule has 1 saturated heterocycles. The third-order valence-corrected chi connectivity index (χ3v) is 5.96. The Bertz CT molecular complexity index is 1370. The number of hydrogen-bond acceptors (Lipinski definition) is 5. The van der Waals surface area contributed by atoms with Gasteiger partial charge in [-0.25, -0.2) is 9.07 Å². The molecule has 170 valence electrons. The Morgan fingerprint density at radius 2 is 1.65 bits per heavy atom. The molecule has 0 radical (unpaired) electrons. The Balaban J connectivity index is 1.61. The summed E-state index contributed by atoms with van der Waals surface area (Å²) in [5.74, 6) is -0.674. The van der Waals surface area contributed by atoms with Crippen LogP contribution in [-0.4, -0.2) is 27.2 Å². The van der Waals surface area contributed by atoms with E-state index >= 15 is 0 Å². The topological polar surface area (TPSA) is 90.5 Å². The first-order valence-electron chi connectivity index (χ1n) is 10.2. The van der Waals surface area contributed by atoms with Gasteiger partial charge in [-0.3, -0.25) is 19.8 Å². The quantitative estimate of drug-likeness (QED) is 0.258. The van der Waals surface area contributed by atoms with E-state index in [1.54, 1.807) is 23.0 Å². The number of carbonyl (C=O) groups is 1. The highest BCUT2D eigenvalue weighted by atomic mass is 79.9. The maximum atomic E-state index is 13.6. The second-order valence-electron chi connectivity index (χ2n) is 7.56. The molecule has 2 heterocycles. The van der Waals surface area contributed by atoms with Crippen molar-refractivity contribution in [1.29, 1.82) is 0 Å². The Labute approximate surface area is 201 Å². The van der Waals surface area contributed by atoms with Gasteiger partial charge in [-0.05, 0) is 54.1 Å². The Morgan fingerprint density at radius 3 is 2.29 bits per heavy atom. The highest BCUT2D eigenvalue weighted by Crippen LogP contribution is 2.38. The van der Waals surface area contributed by atoms with Crippen molar-refractivity contribution in [3.8, 4) is 16.8 Å². The first kappa shape index (κ1) is 21.9. The van der Waals surface area contributed by atoms with E-state index in [2.05, 4.69) is 15.9 Å². The average molecular weight is 523 g/mol. The van der Waals surface area contributed by atoms with Crippen molar-refractivity contribution in [2.45, 2.75) is 6.23 Å². The van der Waals surface area contributed by atoms with Crippen LogP contribution in [0, 0.1) is 15.9 Å². The molecule has 1 unspecified atom stereocenters. The Morgan fingerprint density at radius 1 is 1.00 bits per heavy atom. The number of nitro groups is 1. The molecule has 1 fully saturated rings. The Kier molecular flexibility index (Phi) is 5.68. The molecule has 1 aliphatic rings. The molecule has 0 bridgehead atoms. The molecule has 34 heavy (non-hydrogen) atoms. The fourth-order valence-electron chi connectivity index (χ4n) is 3.79. The summed E-state index contributed by atoms with van der Waals surface area (Å²) in [5, 5.41) is 15.8. The number of nitro benzene ring substituents is 1. The molecule has 0 aliphatic carbocycles. The van der Waals surface area contributed by atoms with Gasteiger partial charge in [-0.15, -0.1) is 0 Å². The van der Waals surface area contributed by atoms with Gasteiger partial charge in [0.2, 0.25) is 0 Å². The zero-order chi connectivity index (χ0) is 23.8. The van der Waals surface area contributed by atoms with Gasteiger partial charge in [0.05, 0.1) is 10.6 Å². The van der Waals surface area contributed by atoms with E-state index in [-0.39, 0.29) is 24.0 Å². The summed E-state index contributed by atoms with van der Waals surface area (Å²) >= 11 is 3.42. The van der Waals surface area contributed by atoms with Crippen molar-refractivity contribution < 1.29 is 18.8 Å². The molecule has 3 aromatic carbocycles. The summed E-state index contributed by atoms with van der Waals surface area (Å²) in [6.45, 7) is -0.171. The van der Waals surface area contributed by atoms with E-state index in [1.165, 1.54) is 41.3 Å². The van der Waals surface area contributed by atoms with Crippen LogP contribution >= 0.6 is 15.9 Å². The summed E-state index contributed by atoms with van der Waals surface area (Å²) in [4.78, 5) is 24.7. The normalized spacial score (nSPS) is 15.6. The number of hydrogen-bond donors (Lipinski definition) is 0. The summed E-state index contributed by atoms with van der Waals surface area (Å²) < 4.78 is 22.0. The minimum atomic E-state index is -0.870. The lowest BCUT2D eigenvalue weighted by atomic mass is 10.1. The highest BCUT2D eigenvalue weighted by molar-refractivity contribution is 9.10. The van der Waals surface area contributed by atoms with Crippen LogP contribution in [0.15, 0.2) is 83.5 Å². The molecule has 8 nitrogen and oxygen atoms in total. The van der Waals surface area contributed by atoms with E-state index in [0.29, 0.717) is 22.5 Å². The largest absolute Gasteiger partial charge is 0.342 e. The third kappa shape index (κ3) is 4.09. The number of anilines is 1. The van der Waals surface area contributed by atoms with Gasteiger partial charge in [0, 0.05) is 34.1 Å². The summed E-state index contributed by atoms with van der Waals surface area (Å²) in [6.07, 6.45) is 0.928. The van der Waals surface area contributed by atoms with Crippen LogP contribution in [0.5, 0.6) is 0 Å². The van der Waals surface area contributed by atoms with Crippen molar-refractivity contribution >= 4 is 33.2 Å². The maximum absolute atomic E-state index is 13.6. The number of aromatic nitrogens is 2. The smallest absolute Gasteiger partial charge is 0.269 e. The number of carbonyl (C=O) groups excluding carboxylic acids is 1. The van der Waals surface area contributed by atoms with Crippen LogP contribution in [0.4, 0.5) is 15.8 Å². The van der Waals surface area contributed by atoms with Gasteiger partial charge < -0.3 is 4.74 Å². The molecule has 1 aromatic heterocycles. The average Bonchev–Trinajstić information content (AvgIpc) is 3.44. The first-order valence-corrected chi connectivity index (χ1v) is 11.0. The van der Waals surface area contributed by atoms with Crippen molar-refractivity contribution in [1.82, 2.24) is 9.78 Å². The van der Waals surface area contributed by atoms with Crippen LogP contribution in [-0.2, 0) is 9.53 Å². The van der Waals surface area contributed by atoms with E-state index in [0.717, 1.165) is 10.2 Å². The Hall–Kier alpha value is -3.89. The number of amides is 1. The monoisotopic (exact) mass is 522 g/mol. The lowest BCUT2D eigenvalue weighted by Crippen LogP contribution is -2.28. The standard InChI is InChI=1S/C24H16BrFN4O4/c25-16-3-7-18(8-4-16)28-13-21(15-1-5-17(26)6-2-15)23(27-28)24-29(22(31)14-34-24)19-9-11-20(12-10-19)30(32)33/h1-13,24H,14H2. The van der Waals surface area contributed by atoms with Crippen LogP contribution < -0.4 is 4.90 Å². The van der Waals surface area contributed by atoms with Gasteiger partial charge in [0.1, 0.15) is 18.1 Å². The second-order valence-corrected chi connectivity index (χ2v) is 8.47. The summed E-state index contributed by atoms with van der Waals surface area (Å²) in [6, 6.07) is 19.2. The first-order chi connectivity index (χ1) is 16.4. The van der Waals surface area contributed by atoms with E-state index < -0.39 is 11.2 Å². The van der Waals surface area contributed by atoms with Crippen molar-refractivity contribution in [2.24, 2.45) is 0 Å². The molecule has 0 saturated carbocycles. The van der Waals surface area contributed by atoms with Crippen LogP contribution in [0.1, 0.15) is 11.9 Å². The van der Waals surface area contributed by atoms with Crippen LogP contribution in [0.2, 0.25) is 0 Å². The SMILES string of the molecule is O=C1COC(c2nn(-c3ccc(Br)cc3)cc2-c2ccc(F)cc2)N1c1ccc([N+](=O)[O-])cc1. The van der Waals surface area contributed by atoms with Gasteiger partial charge in [-0.1, -0.05) is 28.1 Å². The fourth-order valence-corrected chi connectivity index (χ4v) is 4.05. The van der Waals surface area contributed by atoms with Crippen LogP contribution in [0.3, 0.4) is 0 Å². The number of non-ortho nitro benzene ring substituents is 1.